The summed E-state index contributed by atoms with van der Waals surface area (Å²) in [4.78, 5) is 35.7. The number of nitrogens with zero attached hydrogens (tertiary/aromatic N) is 3. The second kappa shape index (κ2) is 9.07. The predicted molar refractivity (Wildman–Crippen MR) is 133 cm³/mol. The molecule has 4 N–H and O–H groups in total. The Kier molecular flexibility index (Phi) is 6.17. The first-order valence-corrected chi connectivity index (χ1v) is 10.9. The van der Waals surface area contributed by atoms with Crippen molar-refractivity contribution in [1.82, 2.24) is 14.9 Å². The first-order valence-electron chi connectivity index (χ1n) is 10.9. The summed E-state index contributed by atoms with van der Waals surface area (Å²) in [6.45, 7) is 4.91. The standard InChI is InChI=1S/C26H27N5O3/c1-26(2,3)34-25(33)31(22(32)14-27)15-17-7-4-5-9-18(17)21-11-10-19-20(28)13-16-8-6-12-29-23(16)24(19)30-21/h4-13H,14-15,27-28H2,1-3H3. The zero-order chi connectivity index (χ0) is 24.5. The minimum absolute atomic E-state index is 0.00321. The van der Waals surface area contributed by atoms with Crippen LogP contribution >= 0.6 is 0 Å². The van der Waals surface area contributed by atoms with Gasteiger partial charge in [-0.2, -0.15) is 0 Å². The number of carbonyl (C=O) groups excluding carboxylic acids is 2. The summed E-state index contributed by atoms with van der Waals surface area (Å²) in [6.07, 6.45) is 0.976. The van der Waals surface area contributed by atoms with Crippen molar-refractivity contribution in [3.05, 3.63) is 66.4 Å². The Hall–Kier alpha value is -4.04. The van der Waals surface area contributed by atoms with Crippen LogP contribution in [0.1, 0.15) is 26.3 Å². The number of benzene rings is 2. The fraction of sp³-hybridized carbons (Fsp3) is 0.231. The zero-order valence-electron chi connectivity index (χ0n) is 19.4. The van der Waals surface area contributed by atoms with E-state index in [1.54, 1.807) is 27.0 Å². The Balaban J connectivity index is 1.79. The highest BCUT2D eigenvalue weighted by atomic mass is 16.6. The number of nitrogen functional groups attached to an aromatic ring is 1. The topological polar surface area (TPSA) is 124 Å². The maximum absolute atomic E-state index is 12.8. The molecule has 2 heterocycles. The molecular weight excluding hydrogens is 430 g/mol. The lowest BCUT2D eigenvalue weighted by Gasteiger charge is -2.26. The molecule has 4 rings (SSSR count). The summed E-state index contributed by atoms with van der Waals surface area (Å²) in [7, 11) is 0. The van der Waals surface area contributed by atoms with Gasteiger partial charge in [-0.25, -0.2) is 14.7 Å². The van der Waals surface area contributed by atoms with Gasteiger partial charge in [-0.1, -0.05) is 30.3 Å². The van der Waals surface area contributed by atoms with Crippen molar-refractivity contribution < 1.29 is 14.3 Å². The molecule has 174 valence electrons. The van der Waals surface area contributed by atoms with E-state index in [-0.39, 0.29) is 13.1 Å². The van der Waals surface area contributed by atoms with Gasteiger partial charge in [-0.05, 0) is 50.6 Å². The molecule has 0 atom stereocenters. The van der Waals surface area contributed by atoms with Gasteiger partial charge >= 0.3 is 6.09 Å². The number of pyridine rings is 2. The molecule has 0 saturated carbocycles. The van der Waals surface area contributed by atoms with Crippen molar-refractivity contribution >= 4 is 39.5 Å². The molecule has 0 bridgehead atoms. The Bertz CT molecular complexity index is 1390. The molecule has 2 aromatic carbocycles. The molecule has 0 spiro atoms. The quantitative estimate of drug-likeness (QED) is 0.347. The second-order valence-electron chi connectivity index (χ2n) is 8.96. The zero-order valence-corrected chi connectivity index (χ0v) is 19.4. The Morgan fingerprint density at radius 2 is 1.79 bits per heavy atom. The van der Waals surface area contributed by atoms with E-state index >= 15 is 0 Å². The third kappa shape index (κ3) is 4.67. The number of aromatic nitrogens is 2. The fourth-order valence-electron chi connectivity index (χ4n) is 3.76. The van der Waals surface area contributed by atoms with Crippen molar-refractivity contribution in [2.75, 3.05) is 12.3 Å². The van der Waals surface area contributed by atoms with Crippen molar-refractivity contribution in [3.8, 4) is 11.3 Å². The van der Waals surface area contributed by atoms with Gasteiger partial charge in [-0.3, -0.25) is 9.78 Å². The molecule has 0 aliphatic heterocycles. The van der Waals surface area contributed by atoms with Crippen molar-refractivity contribution in [3.63, 3.8) is 0 Å². The van der Waals surface area contributed by atoms with E-state index in [0.29, 0.717) is 16.9 Å². The van der Waals surface area contributed by atoms with Crippen LogP contribution in [0.15, 0.2) is 60.8 Å². The molecule has 0 aliphatic carbocycles. The lowest BCUT2D eigenvalue weighted by molar-refractivity contribution is -0.129. The molecule has 34 heavy (non-hydrogen) atoms. The molecule has 0 fully saturated rings. The van der Waals surface area contributed by atoms with Crippen LogP contribution in [-0.2, 0) is 16.1 Å². The smallest absolute Gasteiger partial charge is 0.417 e. The van der Waals surface area contributed by atoms with Gasteiger partial charge in [0, 0.05) is 28.2 Å². The van der Waals surface area contributed by atoms with Gasteiger partial charge in [0.2, 0.25) is 5.91 Å². The lowest BCUT2D eigenvalue weighted by Crippen LogP contribution is -2.43. The number of nitrogens with two attached hydrogens (primary N) is 2. The van der Waals surface area contributed by atoms with Crippen LogP contribution in [0, 0.1) is 0 Å². The normalized spacial score (nSPS) is 11.5. The molecule has 8 heteroatoms. The van der Waals surface area contributed by atoms with E-state index < -0.39 is 17.6 Å². The maximum Gasteiger partial charge on any atom is 0.417 e. The summed E-state index contributed by atoms with van der Waals surface area (Å²) < 4.78 is 5.43. The molecule has 0 saturated heterocycles. The molecule has 8 nitrogen and oxygen atoms in total. The highest BCUT2D eigenvalue weighted by molar-refractivity contribution is 6.09. The number of amides is 2. The van der Waals surface area contributed by atoms with Crippen molar-refractivity contribution in [1.29, 1.82) is 0 Å². The fourth-order valence-corrected chi connectivity index (χ4v) is 3.76. The number of ether oxygens (including phenoxy) is 1. The summed E-state index contributed by atoms with van der Waals surface area (Å²) >= 11 is 0. The molecule has 2 amide bonds. The molecule has 0 aliphatic rings. The largest absolute Gasteiger partial charge is 0.443 e. The molecular formula is C26H27N5O3. The number of imide groups is 1. The third-order valence-electron chi connectivity index (χ3n) is 5.29. The summed E-state index contributed by atoms with van der Waals surface area (Å²) in [5.41, 5.74) is 15.3. The summed E-state index contributed by atoms with van der Waals surface area (Å²) in [5.74, 6) is -0.529. The van der Waals surface area contributed by atoms with E-state index in [9.17, 15) is 9.59 Å². The number of fused-ring (bicyclic) bond motifs is 3. The molecule has 0 unspecified atom stereocenters. The highest BCUT2D eigenvalue weighted by Crippen LogP contribution is 2.31. The van der Waals surface area contributed by atoms with E-state index in [0.717, 1.165) is 32.3 Å². The van der Waals surface area contributed by atoms with Gasteiger partial charge in [0.1, 0.15) is 5.60 Å². The van der Waals surface area contributed by atoms with Gasteiger partial charge in [-0.15, -0.1) is 0 Å². The van der Waals surface area contributed by atoms with Crippen molar-refractivity contribution in [2.24, 2.45) is 5.73 Å². The number of anilines is 1. The predicted octanol–water partition coefficient (Wildman–Crippen LogP) is 4.25. The number of rotatable bonds is 4. The van der Waals surface area contributed by atoms with Gasteiger partial charge in [0.05, 0.1) is 29.8 Å². The Morgan fingerprint density at radius 1 is 1.03 bits per heavy atom. The van der Waals surface area contributed by atoms with E-state index in [4.69, 9.17) is 21.2 Å². The summed E-state index contributed by atoms with van der Waals surface area (Å²) in [6, 6.07) is 16.9. The van der Waals surface area contributed by atoms with Crippen LogP contribution in [0.5, 0.6) is 0 Å². The van der Waals surface area contributed by atoms with Crippen LogP contribution in [0.2, 0.25) is 0 Å². The van der Waals surface area contributed by atoms with E-state index in [2.05, 4.69) is 4.98 Å². The highest BCUT2D eigenvalue weighted by Gasteiger charge is 2.27. The van der Waals surface area contributed by atoms with Crippen LogP contribution in [0.25, 0.3) is 33.1 Å². The minimum Gasteiger partial charge on any atom is -0.443 e. The monoisotopic (exact) mass is 457 g/mol. The van der Waals surface area contributed by atoms with Gasteiger partial charge in [0.15, 0.2) is 0 Å². The van der Waals surface area contributed by atoms with E-state index in [1.165, 1.54) is 0 Å². The maximum atomic E-state index is 12.8. The third-order valence-corrected chi connectivity index (χ3v) is 5.29. The average molecular weight is 458 g/mol. The van der Waals surface area contributed by atoms with E-state index in [1.807, 2.05) is 54.6 Å². The molecule has 4 aromatic rings. The summed E-state index contributed by atoms with van der Waals surface area (Å²) in [5, 5.41) is 1.70. The second-order valence-corrected chi connectivity index (χ2v) is 8.96. The first kappa shape index (κ1) is 23.1. The minimum atomic E-state index is -0.752. The molecule has 2 aromatic heterocycles. The SMILES string of the molecule is CC(C)(C)OC(=O)N(Cc1ccccc1-c1ccc2c(N)cc3cccnc3c2n1)C(=O)CN. The lowest BCUT2D eigenvalue weighted by atomic mass is 10.0. The molecule has 0 radical (unpaired) electrons. The van der Waals surface area contributed by atoms with Crippen LogP contribution in [0.3, 0.4) is 0 Å². The average Bonchev–Trinajstić information content (AvgIpc) is 2.81. The van der Waals surface area contributed by atoms with Crippen LogP contribution in [-0.4, -0.2) is 39.0 Å². The van der Waals surface area contributed by atoms with Crippen molar-refractivity contribution in [2.45, 2.75) is 32.9 Å². The number of hydrogen-bond acceptors (Lipinski definition) is 7. The van der Waals surface area contributed by atoms with Crippen LogP contribution in [0.4, 0.5) is 10.5 Å². The van der Waals surface area contributed by atoms with Crippen LogP contribution < -0.4 is 11.5 Å². The number of hydrogen-bond donors (Lipinski definition) is 2. The van der Waals surface area contributed by atoms with Gasteiger partial charge in [0.25, 0.3) is 0 Å². The Labute approximate surface area is 197 Å². The first-order chi connectivity index (χ1) is 16.2. The number of carbonyl (C=O) groups is 2. The Morgan fingerprint density at radius 3 is 2.53 bits per heavy atom. The van der Waals surface area contributed by atoms with Gasteiger partial charge < -0.3 is 16.2 Å².